The fourth-order valence-electron chi connectivity index (χ4n) is 4.58. The molecule has 5 rings (SSSR count). The molecule has 0 amide bonds. The molecular weight excluding hydrogens is 453 g/mol. The first-order chi connectivity index (χ1) is 16.5. The van der Waals surface area contributed by atoms with Crippen molar-refractivity contribution in [3.05, 3.63) is 77.6 Å². The van der Waals surface area contributed by atoms with Gasteiger partial charge in [0.05, 0.1) is 10.1 Å². The molecule has 2 heterocycles. The summed E-state index contributed by atoms with van der Waals surface area (Å²) in [6, 6.07) is 17.6. The fraction of sp³-hybridized carbons (Fsp3) is 0.333. The highest BCUT2D eigenvalue weighted by molar-refractivity contribution is 7.99. The third-order valence-corrected chi connectivity index (χ3v) is 7.80. The van der Waals surface area contributed by atoms with Gasteiger partial charge in [-0.3, -0.25) is 4.90 Å². The third kappa shape index (κ3) is 4.81. The number of ether oxygens (including phenoxy) is 2. The Balaban J connectivity index is 1.36. The Morgan fingerprint density at radius 2 is 1.91 bits per heavy atom. The Labute approximate surface area is 203 Å². The lowest BCUT2D eigenvalue weighted by atomic mass is 10.00. The van der Waals surface area contributed by atoms with Gasteiger partial charge in [-0.05, 0) is 66.4 Å². The van der Waals surface area contributed by atoms with E-state index in [1.807, 2.05) is 30.3 Å². The minimum atomic E-state index is -0.692. The second-order valence-electron chi connectivity index (χ2n) is 9.01. The zero-order chi connectivity index (χ0) is 23.7. The average Bonchev–Trinajstić information content (AvgIpc) is 3.26. The van der Waals surface area contributed by atoms with Gasteiger partial charge in [-0.25, -0.2) is 4.39 Å². The maximum atomic E-state index is 14.7. The molecule has 0 bridgehead atoms. The molecule has 5 nitrogen and oxygen atoms in total. The van der Waals surface area contributed by atoms with E-state index in [2.05, 4.69) is 11.8 Å². The molecule has 0 saturated carbocycles. The maximum absolute atomic E-state index is 14.7. The molecule has 7 heteroatoms. The number of hydrogen-bond acceptors (Lipinski definition) is 6. The largest absolute Gasteiger partial charge is 0.508 e. The number of aromatic hydroxyl groups is 2. The SMILES string of the molecule is C[C@@H]1CCN(CCOc2ccc([C@@H]3Oc4ccc(O)c(F)c4S[C@@H]3c3cccc(O)c3)cc2)C1. The van der Waals surface area contributed by atoms with Crippen LogP contribution in [0.1, 0.15) is 35.8 Å². The number of fused-ring (bicyclic) bond motifs is 1. The molecule has 1 saturated heterocycles. The molecule has 2 aliphatic heterocycles. The number of nitrogens with zero attached hydrogens (tertiary/aromatic N) is 1. The van der Waals surface area contributed by atoms with Crippen molar-refractivity contribution in [3.8, 4) is 23.0 Å². The molecule has 34 heavy (non-hydrogen) atoms. The van der Waals surface area contributed by atoms with E-state index >= 15 is 0 Å². The lowest BCUT2D eigenvalue weighted by Gasteiger charge is -2.34. The monoisotopic (exact) mass is 481 g/mol. The van der Waals surface area contributed by atoms with Crippen molar-refractivity contribution in [2.24, 2.45) is 5.92 Å². The standard InChI is InChI=1S/C27H28FNO4S/c1-17-11-12-29(16-17)13-14-32-21-7-5-18(6-8-21)25-26(19-3-2-4-20(30)15-19)34-27-23(33-25)10-9-22(31)24(27)28/h2-10,15,17,25-26,30-31H,11-14,16H2,1H3/t17-,25+,26-/m1/s1. The molecule has 1 fully saturated rings. The molecule has 2 aliphatic rings. The summed E-state index contributed by atoms with van der Waals surface area (Å²) in [5.74, 6) is 0.978. The van der Waals surface area contributed by atoms with Crippen molar-refractivity contribution in [2.75, 3.05) is 26.2 Å². The molecule has 0 aliphatic carbocycles. The van der Waals surface area contributed by atoms with Gasteiger partial charge < -0.3 is 19.7 Å². The van der Waals surface area contributed by atoms with Gasteiger partial charge in [0.2, 0.25) is 0 Å². The molecule has 0 radical (unpaired) electrons. The van der Waals surface area contributed by atoms with Crippen molar-refractivity contribution in [1.82, 2.24) is 4.90 Å². The summed E-state index contributed by atoms with van der Waals surface area (Å²) in [5, 5.41) is 19.5. The lowest BCUT2D eigenvalue weighted by Crippen LogP contribution is -2.25. The molecule has 3 atom stereocenters. The number of halogens is 1. The summed E-state index contributed by atoms with van der Waals surface area (Å²) in [7, 11) is 0. The minimum Gasteiger partial charge on any atom is -0.508 e. The smallest absolute Gasteiger partial charge is 0.182 e. The summed E-state index contributed by atoms with van der Waals surface area (Å²) in [6.07, 6.45) is 0.838. The zero-order valence-electron chi connectivity index (χ0n) is 19.0. The highest BCUT2D eigenvalue weighted by Gasteiger charge is 2.36. The quantitative estimate of drug-likeness (QED) is 0.455. The summed E-state index contributed by atoms with van der Waals surface area (Å²) in [5.41, 5.74) is 1.73. The van der Waals surface area contributed by atoms with E-state index < -0.39 is 17.7 Å². The average molecular weight is 482 g/mol. The van der Waals surface area contributed by atoms with Gasteiger partial charge in [0, 0.05) is 13.1 Å². The van der Waals surface area contributed by atoms with Crippen molar-refractivity contribution in [1.29, 1.82) is 0 Å². The molecule has 0 spiro atoms. The molecule has 3 aromatic carbocycles. The number of thioether (sulfide) groups is 1. The van der Waals surface area contributed by atoms with Crippen molar-refractivity contribution in [3.63, 3.8) is 0 Å². The van der Waals surface area contributed by atoms with Crippen LogP contribution in [0.5, 0.6) is 23.0 Å². The van der Waals surface area contributed by atoms with Gasteiger partial charge in [0.25, 0.3) is 0 Å². The van der Waals surface area contributed by atoms with E-state index in [4.69, 9.17) is 9.47 Å². The van der Waals surface area contributed by atoms with Crippen LogP contribution in [0.3, 0.4) is 0 Å². The summed E-state index contributed by atoms with van der Waals surface area (Å²) < 4.78 is 26.9. The van der Waals surface area contributed by atoms with Crippen LogP contribution in [-0.4, -0.2) is 41.4 Å². The molecule has 2 N–H and O–H groups in total. The second-order valence-corrected chi connectivity index (χ2v) is 10.2. The number of rotatable bonds is 6. The molecule has 178 valence electrons. The lowest BCUT2D eigenvalue weighted by molar-refractivity contribution is 0.187. The number of likely N-dealkylation sites (tertiary alicyclic amines) is 1. The Morgan fingerprint density at radius 3 is 2.65 bits per heavy atom. The number of hydrogen-bond donors (Lipinski definition) is 2. The second kappa shape index (κ2) is 9.76. The van der Waals surface area contributed by atoms with E-state index in [1.165, 1.54) is 24.2 Å². The summed E-state index contributed by atoms with van der Waals surface area (Å²) in [6.45, 7) is 6.11. The van der Waals surface area contributed by atoms with Gasteiger partial charge >= 0.3 is 0 Å². The zero-order valence-corrected chi connectivity index (χ0v) is 19.8. The van der Waals surface area contributed by atoms with Crippen molar-refractivity contribution >= 4 is 11.8 Å². The molecular formula is C27H28FNO4S. The van der Waals surface area contributed by atoms with Gasteiger partial charge in [-0.15, -0.1) is 11.8 Å². The first kappa shape index (κ1) is 22.9. The van der Waals surface area contributed by atoms with Crippen LogP contribution in [0.25, 0.3) is 0 Å². The van der Waals surface area contributed by atoms with Gasteiger partial charge in [-0.1, -0.05) is 31.2 Å². The third-order valence-electron chi connectivity index (χ3n) is 6.41. The van der Waals surface area contributed by atoms with E-state index in [-0.39, 0.29) is 15.9 Å². The van der Waals surface area contributed by atoms with Crippen LogP contribution in [0, 0.1) is 11.7 Å². The van der Waals surface area contributed by atoms with Gasteiger partial charge in [0.15, 0.2) is 11.6 Å². The maximum Gasteiger partial charge on any atom is 0.182 e. The van der Waals surface area contributed by atoms with Gasteiger partial charge in [-0.2, -0.15) is 0 Å². The van der Waals surface area contributed by atoms with Crippen LogP contribution in [0.15, 0.2) is 65.6 Å². The number of phenolic OH excluding ortho intramolecular Hbond substituents is 2. The van der Waals surface area contributed by atoms with Crippen LogP contribution in [0.4, 0.5) is 4.39 Å². The predicted octanol–water partition coefficient (Wildman–Crippen LogP) is 5.92. The van der Waals surface area contributed by atoms with E-state index in [1.54, 1.807) is 24.3 Å². The van der Waals surface area contributed by atoms with E-state index in [9.17, 15) is 14.6 Å². The van der Waals surface area contributed by atoms with Crippen LogP contribution in [-0.2, 0) is 0 Å². The van der Waals surface area contributed by atoms with Crippen molar-refractivity contribution < 1.29 is 24.1 Å². The summed E-state index contributed by atoms with van der Waals surface area (Å²) in [4.78, 5) is 2.70. The van der Waals surface area contributed by atoms with Crippen LogP contribution in [0.2, 0.25) is 0 Å². The Kier molecular flexibility index (Phi) is 6.57. The molecule has 0 aromatic heterocycles. The highest BCUT2D eigenvalue weighted by atomic mass is 32.2. The van der Waals surface area contributed by atoms with E-state index in [0.29, 0.717) is 12.4 Å². The first-order valence-corrected chi connectivity index (χ1v) is 12.4. The van der Waals surface area contributed by atoms with E-state index in [0.717, 1.165) is 42.4 Å². The highest BCUT2D eigenvalue weighted by Crippen LogP contribution is 2.55. The van der Waals surface area contributed by atoms with Gasteiger partial charge in [0.1, 0.15) is 30.0 Å². The Morgan fingerprint density at radius 1 is 1.09 bits per heavy atom. The topological polar surface area (TPSA) is 62.2 Å². The van der Waals surface area contributed by atoms with Crippen molar-refractivity contribution in [2.45, 2.75) is 29.6 Å². The van der Waals surface area contributed by atoms with Crippen LogP contribution < -0.4 is 9.47 Å². The predicted molar refractivity (Wildman–Crippen MR) is 130 cm³/mol. The Hall–Kier alpha value is -2.90. The normalized spacial score (nSPS) is 22.2. The number of benzene rings is 3. The minimum absolute atomic E-state index is 0.134. The first-order valence-electron chi connectivity index (χ1n) is 11.6. The molecule has 0 unspecified atom stereocenters. The Bertz CT molecular complexity index is 1160. The molecule has 3 aromatic rings. The number of phenols is 2. The summed E-state index contributed by atoms with van der Waals surface area (Å²) >= 11 is 1.29. The van der Waals surface area contributed by atoms with Crippen LogP contribution >= 0.6 is 11.8 Å². The fourth-order valence-corrected chi connectivity index (χ4v) is 5.89.